The molecule has 0 spiro atoms. The van der Waals surface area contributed by atoms with Crippen LogP contribution in [0.15, 0.2) is 12.1 Å². The van der Waals surface area contributed by atoms with Crippen molar-refractivity contribution in [1.29, 1.82) is 0 Å². The molecule has 0 aromatic heterocycles. The van der Waals surface area contributed by atoms with Crippen molar-refractivity contribution in [3.63, 3.8) is 0 Å². The van der Waals surface area contributed by atoms with Gasteiger partial charge in [0.1, 0.15) is 0 Å². The van der Waals surface area contributed by atoms with Crippen LogP contribution in [-0.2, 0) is 0 Å². The number of aromatic hydroxyl groups is 1. The molecule has 0 radical (unpaired) electrons. The standard InChI is InChI=1S/C16H25N3O4.2ClH/c1-16(2,3)15(18-7-5-17-6-8-18)12-9-11(19(21)22)10-13(23-4)14(12)20;;/h9-10,15,17,20H,5-8H2,1-4H3;2*1H/t15-;;/m0../s1. The van der Waals surface area contributed by atoms with E-state index in [1.165, 1.54) is 19.2 Å². The molecule has 144 valence electrons. The van der Waals surface area contributed by atoms with Gasteiger partial charge in [-0.2, -0.15) is 0 Å². The molecule has 0 unspecified atom stereocenters. The van der Waals surface area contributed by atoms with Gasteiger partial charge in [0.15, 0.2) is 11.5 Å². The van der Waals surface area contributed by atoms with E-state index in [1.807, 2.05) is 0 Å². The van der Waals surface area contributed by atoms with Crippen LogP contribution in [0.2, 0.25) is 0 Å². The number of phenols is 1. The van der Waals surface area contributed by atoms with Crippen molar-refractivity contribution >= 4 is 30.5 Å². The molecule has 0 amide bonds. The van der Waals surface area contributed by atoms with Crippen molar-refractivity contribution in [3.05, 3.63) is 27.8 Å². The molecule has 1 aromatic carbocycles. The molecule has 0 aliphatic carbocycles. The zero-order valence-corrected chi connectivity index (χ0v) is 16.6. The molecule has 1 aromatic rings. The lowest BCUT2D eigenvalue weighted by Crippen LogP contribution is -2.48. The number of non-ortho nitro benzene ring substituents is 1. The van der Waals surface area contributed by atoms with E-state index in [0.29, 0.717) is 5.56 Å². The van der Waals surface area contributed by atoms with Gasteiger partial charge in [-0.15, -0.1) is 24.8 Å². The summed E-state index contributed by atoms with van der Waals surface area (Å²) in [5, 5.41) is 25.1. The van der Waals surface area contributed by atoms with Gasteiger partial charge < -0.3 is 15.2 Å². The summed E-state index contributed by atoms with van der Waals surface area (Å²) in [6.45, 7) is 9.59. The molecule has 1 aliphatic heterocycles. The third-order valence-corrected chi connectivity index (χ3v) is 4.15. The number of rotatable bonds is 4. The number of methoxy groups -OCH3 is 1. The van der Waals surface area contributed by atoms with Gasteiger partial charge in [0.2, 0.25) is 0 Å². The molecule has 0 bridgehead atoms. The Morgan fingerprint density at radius 2 is 1.84 bits per heavy atom. The number of nitro benzene ring substituents is 1. The van der Waals surface area contributed by atoms with Gasteiger partial charge in [-0.05, 0) is 5.41 Å². The summed E-state index contributed by atoms with van der Waals surface area (Å²) < 4.78 is 5.14. The quantitative estimate of drug-likeness (QED) is 0.601. The first-order valence-electron chi connectivity index (χ1n) is 7.75. The highest BCUT2D eigenvalue weighted by molar-refractivity contribution is 5.85. The number of ether oxygens (including phenoxy) is 1. The zero-order valence-electron chi connectivity index (χ0n) is 14.9. The topological polar surface area (TPSA) is 87.9 Å². The van der Waals surface area contributed by atoms with Crippen LogP contribution in [0.1, 0.15) is 32.4 Å². The van der Waals surface area contributed by atoms with Crippen LogP contribution in [0.3, 0.4) is 0 Å². The van der Waals surface area contributed by atoms with Gasteiger partial charge in [-0.3, -0.25) is 15.0 Å². The number of nitro groups is 1. The third kappa shape index (κ3) is 5.34. The van der Waals surface area contributed by atoms with Crippen LogP contribution in [-0.4, -0.2) is 48.2 Å². The van der Waals surface area contributed by atoms with Gasteiger partial charge in [0, 0.05) is 43.9 Å². The lowest BCUT2D eigenvalue weighted by atomic mass is 9.80. The maximum atomic E-state index is 11.2. The average Bonchev–Trinajstić information content (AvgIpc) is 2.48. The SMILES string of the molecule is COc1cc([N+](=O)[O-])cc([C@H](N2CCNCC2)C(C)(C)C)c1O.Cl.Cl. The van der Waals surface area contributed by atoms with Gasteiger partial charge in [0.25, 0.3) is 5.69 Å². The Labute approximate surface area is 160 Å². The van der Waals surface area contributed by atoms with E-state index < -0.39 is 4.92 Å². The molecular formula is C16H27Cl2N3O4. The molecule has 0 saturated carbocycles. The number of hydrogen-bond donors (Lipinski definition) is 2. The van der Waals surface area contributed by atoms with Crippen LogP contribution >= 0.6 is 24.8 Å². The fourth-order valence-electron chi connectivity index (χ4n) is 3.23. The second-order valence-corrected chi connectivity index (χ2v) is 6.90. The maximum Gasteiger partial charge on any atom is 0.273 e. The Kier molecular flexibility index (Phi) is 8.94. The summed E-state index contributed by atoms with van der Waals surface area (Å²) in [5.74, 6) is 0.121. The van der Waals surface area contributed by atoms with Crippen molar-refractivity contribution < 1.29 is 14.8 Å². The maximum absolute atomic E-state index is 11.2. The highest BCUT2D eigenvalue weighted by atomic mass is 35.5. The molecule has 1 fully saturated rings. The zero-order chi connectivity index (χ0) is 17.2. The first kappa shape index (κ1) is 23.7. The number of hydrogen-bond acceptors (Lipinski definition) is 6. The van der Waals surface area contributed by atoms with E-state index in [2.05, 4.69) is 31.0 Å². The summed E-state index contributed by atoms with van der Waals surface area (Å²) in [7, 11) is 1.40. The highest BCUT2D eigenvalue weighted by Gasteiger charge is 2.36. The molecule has 2 rings (SSSR count). The first-order chi connectivity index (χ1) is 10.8. The molecule has 2 N–H and O–H groups in total. The molecule has 7 nitrogen and oxygen atoms in total. The average molecular weight is 396 g/mol. The summed E-state index contributed by atoms with van der Waals surface area (Å²) in [4.78, 5) is 13.0. The lowest BCUT2D eigenvalue weighted by molar-refractivity contribution is -0.385. The summed E-state index contributed by atoms with van der Waals surface area (Å²) in [6.07, 6.45) is 0. The fourth-order valence-corrected chi connectivity index (χ4v) is 3.23. The van der Waals surface area contributed by atoms with Crippen molar-refractivity contribution in [3.8, 4) is 11.5 Å². The summed E-state index contributed by atoms with van der Waals surface area (Å²) >= 11 is 0. The second kappa shape index (κ2) is 9.43. The number of phenolic OH excluding ortho intramolecular Hbond substituents is 1. The van der Waals surface area contributed by atoms with E-state index in [1.54, 1.807) is 0 Å². The van der Waals surface area contributed by atoms with E-state index in [0.717, 1.165) is 26.2 Å². The van der Waals surface area contributed by atoms with E-state index in [-0.39, 0.29) is 53.5 Å². The Hall–Kier alpha value is -1.28. The number of piperazine rings is 1. The molecule has 1 saturated heterocycles. The predicted octanol–water partition coefficient (Wildman–Crippen LogP) is 3.15. The molecule has 1 heterocycles. The molecule has 1 aliphatic rings. The fraction of sp³-hybridized carbons (Fsp3) is 0.625. The lowest BCUT2D eigenvalue weighted by Gasteiger charge is -2.42. The van der Waals surface area contributed by atoms with Crippen LogP contribution < -0.4 is 10.1 Å². The van der Waals surface area contributed by atoms with Crippen LogP contribution in [0, 0.1) is 15.5 Å². The largest absolute Gasteiger partial charge is 0.504 e. The van der Waals surface area contributed by atoms with E-state index in [4.69, 9.17) is 4.74 Å². The first-order valence-corrected chi connectivity index (χ1v) is 7.75. The monoisotopic (exact) mass is 395 g/mol. The van der Waals surface area contributed by atoms with E-state index >= 15 is 0 Å². The Balaban J connectivity index is 0.00000288. The highest BCUT2D eigenvalue weighted by Crippen LogP contribution is 2.46. The van der Waals surface area contributed by atoms with Gasteiger partial charge in [0.05, 0.1) is 18.1 Å². The normalized spacial score (nSPS) is 16.3. The minimum atomic E-state index is -0.455. The predicted molar refractivity (Wildman–Crippen MR) is 102 cm³/mol. The Morgan fingerprint density at radius 3 is 2.28 bits per heavy atom. The van der Waals surface area contributed by atoms with Crippen LogP contribution in [0.25, 0.3) is 0 Å². The number of halogens is 2. The van der Waals surface area contributed by atoms with Crippen LogP contribution in [0.5, 0.6) is 11.5 Å². The summed E-state index contributed by atoms with van der Waals surface area (Å²) in [5.41, 5.74) is 0.277. The molecule has 1 atom stereocenters. The Morgan fingerprint density at radius 1 is 1.28 bits per heavy atom. The van der Waals surface area contributed by atoms with Crippen molar-refractivity contribution in [2.24, 2.45) is 5.41 Å². The van der Waals surface area contributed by atoms with E-state index in [9.17, 15) is 15.2 Å². The van der Waals surface area contributed by atoms with Gasteiger partial charge in [-0.1, -0.05) is 20.8 Å². The Bertz CT molecular complexity index is 587. The van der Waals surface area contributed by atoms with Crippen LogP contribution in [0.4, 0.5) is 5.69 Å². The van der Waals surface area contributed by atoms with Crippen molar-refractivity contribution in [2.75, 3.05) is 33.3 Å². The van der Waals surface area contributed by atoms with Crippen molar-refractivity contribution in [1.82, 2.24) is 10.2 Å². The van der Waals surface area contributed by atoms with Gasteiger partial charge in [-0.25, -0.2) is 0 Å². The smallest absolute Gasteiger partial charge is 0.273 e. The number of benzene rings is 1. The molecular weight excluding hydrogens is 369 g/mol. The second-order valence-electron chi connectivity index (χ2n) is 6.90. The number of nitrogens with one attached hydrogen (secondary N) is 1. The van der Waals surface area contributed by atoms with Crippen molar-refractivity contribution in [2.45, 2.75) is 26.8 Å². The minimum Gasteiger partial charge on any atom is -0.504 e. The summed E-state index contributed by atoms with van der Waals surface area (Å²) in [6, 6.07) is 2.59. The van der Waals surface area contributed by atoms with Gasteiger partial charge >= 0.3 is 0 Å². The third-order valence-electron chi connectivity index (χ3n) is 4.15. The minimum absolute atomic E-state index is 0. The molecule has 25 heavy (non-hydrogen) atoms. The molecule has 9 heteroatoms. The number of nitrogens with zero attached hydrogens (tertiary/aromatic N) is 2.